The molecule has 1 saturated heterocycles. The van der Waals surface area contributed by atoms with Gasteiger partial charge >= 0.3 is 0 Å². The molecule has 8 nitrogen and oxygen atoms in total. The van der Waals surface area contributed by atoms with Crippen molar-refractivity contribution in [2.45, 2.75) is 39.0 Å². The van der Waals surface area contributed by atoms with Gasteiger partial charge in [0.2, 0.25) is 5.95 Å². The summed E-state index contributed by atoms with van der Waals surface area (Å²) >= 11 is 1.70. The van der Waals surface area contributed by atoms with Crippen molar-refractivity contribution in [3.63, 3.8) is 0 Å². The van der Waals surface area contributed by atoms with Gasteiger partial charge in [-0.05, 0) is 69.2 Å². The Morgan fingerprint density at radius 1 is 0.947 bits per heavy atom. The minimum Gasteiger partial charge on any atom is -0.489 e. The molecule has 0 unspecified atom stereocenters. The largest absolute Gasteiger partial charge is 0.489 e. The molecule has 1 fully saturated rings. The fraction of sp³-hybridized carbons (Fsp3) is 0.379. The van der Waals surface area contributed by atoms with Gasteiger partial charge in [-0.15, -0.1) is 0 Å². The molecule has 0 radical (unpaired) electrons. The van der Waals surface area contributed by atoms with E-state index in [9.17, 15) is 0 Å². The van der Waals surface area contributed by atoms with Crippen LogP contribution in [0.15, 0.2) is 60.9 Å². The van der Waals surface area contributed by atoms with Crippen molar-refractivity contribution in [2.24, 2.45) is 0 Å². The van der Waals surface area contributed by atoms with Crippen LogP contribution in [0.5, 0.6) is 5.75 Å². The first-order valence-corrected chi connectivity index (χ1v) is 14.1. The van der Waals surface area contributed by atoms with Crippen molar-refractivity contribution in [3.8, 4) is 11.4 Å². The standard InChI is InChI=1S/C29H37N7OS/c1-20(2)37-27-18-23(9-10-26(27)35-15-13-34(5)14-16-35)31-29-30-19-22-11-12-36(28(22)32-29)25-8-6-7-24(17-25)33-38-21(3)4/h6-12,17-21,33H,13-16H2,1-5H3,(H,30,31,32). The van der Waals surface area contributed by atoms with E-state index in [-0.39, 0.29) is 6.10 Å². The molecule has 4 aromatic rings. The number of hydrogen-bond acceptors (Lipinski definition) is 8. The number of anilines is 4. The molecule has 0 spiro atoms. The molecule has 1 aliphatic rings. The topological polar surface area (TPSA) is 70.5 Å². The summed E-state index contributed by atoms with van der Waals surface area (Å²) in [7, 11) is 2.17. The van der Waals surface area contributed by atoms with Gasteiger partial charge in [-0.2, -0.15) is 4.98 Å². The van der Waals surface area contributed by atoms with Gasteiger partial charge < -0.3 is 29.1 Å². The minimum atomic E-state index is 0.0801. The van der Waals surface area contributed by atoms with Gasteiger partial charge in [0, 0.05) is 72.3 Å². The normalized spacial score (nSPS) is 14.4. The van der Waals surface area contributed by atoms with Crippen molar-refractivity contribution in [1.29, 1.82) is 0 Å². The summed E-state index contributed by atoms with van der Waals surface area (Å²) in [5.74, 6) is 1.42. The van der Waals surface area contributed by atoms with E-state index in [0.29, 0.717) is 11.2 Å². The second-order valence-corrected chi connectivity index (χ2v) is 11.6. The molecule has 0 saturated carbocycles. The molecule has 0 aliphatic carbocycles. The quantitative estimate of drug-likeness (QED) is 0.249. The fourth-order valence-electron chi connectivity index (χ4n) is 4.47. The molecular formula is C29H37N7OS. The van der Waals surface area contributed by atoms with Gasteiger partial charge in [-0.3, -0.25) is 0 Å². The van der Waals surface area contributed by atoms with Gasteiger partial charge in [-0.1, -0.05) is 19.9 Å². The van der Waals surface area contributed by atoms with Crippen LogP contribution in [0.2, 0.25) is 0 Å². The zero-order valence-corrected chi connectivity index (χ0v) is 23.6. The molecule has 38 heavy (non-hydrogen) atoms. The van der Waals surface area contributed by atoms with Crippen LogP contribution in [0.4, 0.5) is 23.0 Å². The third kappa shape index (κ3) is 6.16. The summed E-state index contributed by atoms with van der Waals surface area (Å²) in [6, 6.07) is 16.7. The molecule has 0 bridgehead atoms. The average molecular weight is 532 g/mol. The predicted octanol–water partition coefficient (Wildman–Crippen LogP) is 6.17. The molecule has 0 amide bonds. The number of piperazine rings is 1. The maximum absolute atomic E-state index is 6.24. The van der Waals surface area contributed by atoms with Gasteiger partial charge in [0.15, 0.2) is 0 Å². The van der Waals surface area contributed by atoms with Gasteiger partial charge in [0.1, 0.15) is 11.4 Å². The van der Waals surface area contributed by atoms with Crippen LogP contribution in [0.1, 0.15) is 27.7 Å². The van der Waals surface area contributed by atoms with Crippen molar-refractivity contribution in [2.75, 3.05) is 48.2 Å². The highest BCUT2D eigenvalue weighted by Crippen LogP contribution is 2.34. The van der Waals surface area contributed by atoms with Crippen molar-refractivity contribution in [3.05, 3.63) is 60.9 Å². The highest BCUT2D eigenvalue weighted by molar-refractivity contribution is 8.01. The number of aromatic nitrogens is 3. The molecule has 9 heteroatoms. The van der Waals surface area contributed by atoms with E-state index in [4.69, 9.17) is 9.72 Å². The predicted molar refractivity (Wildman–Crippen MR) is 160 cm³/mol. The summed E-state index contributed by atoms with van der Waals surface area (Å²) in [6.07, 6.45) is 3.98. The van der Waals surface area contributed by atoms with E-state index in [2.05, 4.69) is 107 Å². The molecule has 2 aromatic carbocycles. The van der Waals surface area contributed by atoms with Crippen LogP contribution in [-0.2, 0) is 0 Å². The van der Waals surface area contributed by atoms with E-state index in [1.165, 1.54) is 0 Å². The zero-order valence-electron chi connectivity index (χ0n) is 22.8. The van der Waals surface area contributed by atoms with Gasteiger partial charge in [-0.25, -0.2) is 4.98 Å². The molecule has 1 aliphatic heterocycles. The van der Waals surface area contributed by atoms with Crippen LogP contribution < -0.4 is 19.7 Å². The highest BCUT2D eigenvalue weighted by Gasteiger charge is 2.19. The van der Waals surface area contributed by atoms with E-state index < -0.39 is 0 Å². The average Bonchev–Trinajstić information content (AvgIpc) is 3.31. The van der Waals surface area contributed by atoms with Crippen LogP contribution in [-0.4, -0.2) is 64.0 Å². The Morgan fingerprint density at radius 2 is 1.76 bits per heavy atom. The summed E-state index contributed by atoms with van der Waals surface area (Å²) in [4.78, 5) is 14.2. The SMILES string of the molecule is CC(C)Oc1cc(Nc2ncc3ccn(-c4cccc(NSC(C)C)c4)c3n2)ccc1N1CCN(C)CC1. The summed E-state index contributed by atoms with van der Waals surface area (Å²) in [6.45, 7) is 12.5. The molecule has 0 atom stereocenters. The lowest BCUT2D eigenvalue weighted by molar-refractivity contribution is 0.241. The molecule has 2 N–H and O–H groups in total. The Kier molecular flexibility index (Phi) is 7.95. The van der Waals surface area contributed by atoms with Crippen LogP contribution in [0.3, 0.4) is 0 Å². The third-order valence-corrected chi connectivity index (χ3v) is 7.21. The van der Waals surface area contributed by atoms with Crippen LogP contribution in [0.25, 0.3) is 16.7 Å². The number of hydrogen-bond donors (Lipinski definition) is 2. The van der Waals surface area contributed by atoms with Crippen molar-refractivity contribution in [1.82, 2.24) is 19.4 Å². The van der Waals surface area contributed by atoms with E-state index in [0.717, 1.165) is 65.7 Å². The van der Waals surface area contributed by atoms with Crippen LogP contribution >= 0.6 is 11.9 Å². The summed E-state index contributed by atoms with van der Waals surface area (Å²) in [5, 5.41) is 4.88. The number of fused-ring (bicyclic) bond motifs is 1. The number of benzene rings is 2. The Labute approximate surface area is 229 Å². The van der Waals surface area contributed by atoms with E-state index in [1.54, 1.807) is 11.9 Å². The van der Waals surface area contributed by atoms with Crippen LogP contribution in [0, 0.1) is 0 Å². The lowest BCUT2D eigenvalue weighted by Gasteiger charge is -2.35. The van der Waals surface area contributed by atoms with E-state index in [1.807, 2.05) is 18.5 Å². The highest BCUT2D eigenvalue weighted by atomic mass is 32.2. The van der Waals surface area contributed by atoms with Gasteiger partial charge in [0.05, 0.1) is 11.8 Å². The number of nitrogens with zero attached hydrogens (tertiary/aromatic N) is 5. The fourth-order valence-corrected chi connectivity index (χ4v) is 4.97. The molecule has 2 aromatic heterocycles. The smallest absolute Gasteiger partial charge is 0.229 e. The van der Waals surface area contributed by atoms with Crippen molar-refractivity contribution < 1.29 is 4.74 Å². The molecule has 5 rings (SSSR count). The first-order chi connectivity index (χ1) is 18.4. The lowest BCUT2D eigenvalue weighted by atomic mass is 10.2. The van der Waals surface area contributed by atoms with Crippen molar-refractivity contribution >= 4 is 46.0 Å². The lowest BCUT2D eigenvalue weighted by Crippen LogP contribution is -2.44. The third-order valence-electron chi connectivity index (χ3n) is 6.39. The second-order valence-electron chi connectivity index (χ2n) is 10.2. The monoisotopic (exact) mass is 531 g/mol. The Balaban J connectivity index is 1.40. The van der Waals surface area contributed by atoms with E-state index >= 15 is 0 Å². The summed E-state index contributed by atoms with van der Waals surface area (Å²) in [5.41, 5.74) is 4.99. The molecule has 3 heterocycles. The number of ether oxygens (including phenoxy) is 1. The number of nitrogens with one attached hydrogen (secondary N) is 2. The Bertz CT molecular complexity index is 1380. The first-order valence-electron chi connectivity index (χ1n) is 13.2. The number of rotatable bonds is 9. The number of likely N-dealkylation sites (N-methyl/N-ethyl adjacent to an activating group) is 1. The molecule has 200 valence electrons. The summed E-state index contributed by atoms with van der Waals surface area (Å²) < 4.78 is 11.8. The maximum atomic E-state index is 6.24. The Hall–Kier alpha value is -3.43. The zero-order chi connectivity index (χ0) is 26.6. The van der Waals surface area contributed by atoms with Gasteiger partial charge in [0.25, 0.3) is 0 Å². The molecular weight excluding hydrogens is 494 g/mol. The first kappa shape index (κ1) is 26.2. The maximum Gasteiger partial charge on any atom is 0.229 e. The Morgan fingerprint density at radius 3 is 2.53 bits per heavy atom. The minimum absolute atomic E-state index is 0.0801. The second kappa shape index (κ2) is 11.5.